The van der Waals surface area contributed by atoms with Crippen LogP contribution in [0.25, 0.3) is 0 Å². The molecule has 150 valence electrons. The quantitative estimate of drug-likeness (QED) is 0.867. The molecule has 0 aromatic heterocycles. The molecule has 1 N–H and O–H groups in total. The van der Waals surface area contributed by atoms with Gasteiger partial charge in [-0.05, 0) is 44.7 Å². The summed E-state index contributed by atoms with van der Waals surface area (Å²) in [5.74, 6) is -1.61. The number of benzene rings is 1. The van der Waals surface area contributed by atoms with Crippen molar-refractivity contribution in [2.24, 2.45) is 0 Å². The predicted octanol–water partition coefficient (Wildman–Crippen LogP) is 3.53. The molecule has 1 aromatic carbocycles. The lowest BCUT2D eigenvalue weighted by Crippen LogP contribution is -2.50. The van der Waals surface area contributed by atoms with E-state index < -0.39 is 11.6 Å². The minimum Gasteiger partial charge on any atom is -0.450 e. The Morgan fingerprint density at radius 2 is 1.89 bits per heavy atom. The number of ether oxygens (including phenoxy) is 1. The largest absolute Gasteiger partial charge is 0.450 e. The number of nitrogens with zero attached hydrogens (tertiary/aromatic N) is 2. The zero-order valence-corrected chi connectivity index (χ0v) is 15.9. The molecule has 3 rings (SSSR count). The van der Waals surface area contributed by atoms with E-state index in [9.17, 15) is 13.6 Å². The summed E-state index contributed by atoms with van der Waals surface area (Å²) in [5.41, 5.74) is 0.732. The van der Waals surface area contributed by atoms with Crippen molar-refractivity contribution in [3.05, 3.63) is 29.8 Å². The van der Waals surface area contributed by atoms with Crippen molar-refractivity contribution in [2.45, 2.75) is 51.1 Å². The Balaban J connectivity index is 1.50. The first kappa shape index (κ1) is 19.9. The maximum atomic E-state index is 13.5. The maximum absolute atomic E-state index is 13.5. The van der Waals surface area contributed by atoms with E-state index in [0.29, 0.717) is 19.2 Å². The molecular formula is C20H29F2N3O2. The minimum absolute atomic E-state index is 0.223. The Hall–Kier alpha value is -1.89. The number of anilines is 1. The molecule has 27 heavy (non-hydrogen) atoms. The lowest BCUT2D eigenvalue weighted by atomic mass is 10.0. The number of amides is 1. The van der Waals surface area contributed by atoms with Gasteiger partial charge in [-0.2, -0.15) is 0 Å². The molecule has 2 fully saturated rings. The first-order valence-electron chi connectivity index (χ1n) is 9.94. The van der Waals surface area contributed by atoms with E-state index in [1.807, 2.05) is 11.8 Å². The van der Waals surface area contributed by atoms with Crippen LogP contribution in [0.3, 0.4) is 0 Å². The Morgan fingerprint density at radius 1 is 1.11 bits per heavy atom. The molecular weight excluding hydrogens is 352 g/mol. The number of rotatable bonds is 4. The van der Waals surface area contributed by atoms with Gasteiger partial charge >= 0.3 is 6.09 Å². The van der Waals surface area contributed by atoms with Crippen molar-refractivity contribution in [1.29, 1.82) is 0 Å². The van der Waals surface area contributed by atoms with Gasteiger partial charge < -0.3 is 19.9 Å². The van der Waals surface area contributed by atoms with E-state index in [0.717, 1.165) is 57.4 Å². The zero-order valence-electron chi connectivity index (χ0n) is 15.9. The monoisotopic (exact) mass is 381 g/mol. The van der Waals surface area contributed by atoms with Gasteiger partial charge in [0.05, 0.1) is 6.61 Å². The molecule has 1 atom stereocenters. The lowest BCUT2D eigenvalue weighted by Gasteiger charge is -2.36. The van der Waals surface area contributed by atoms with E-state index in [2.05, 4.69) is 10.2 Å². The van der Waals surface area contributed by atoms with Crippen molar-refractivity contribution >= 4 is 11.8 Å². The first-order chi connectivity index (χ1) is 13.1. The maximum Gasteiger partial charge on any atom is 0.409 e. The summed E-state index contributed by atoms with van der Waals surface area (Å²) in [4.78, 5) is 16.0. The summed E-state index contributed by atoms with van der Waals surface area (Å²) in [6.45, 7) is 5.27. The van der Waals surface area contributed by atoms with Gasteiger partial charge in [0, 0.05) is 50.0 Å². The Kier molecular flexibility index (Phi) is 6.88. The molecule has 0 aliphatic carbocycles. The number of likely N-dealkylation sites (tertiary alicyclic amines) is 1. The van der Waals surface area contributed by atoms with Crippen LogP contribution >= 0.6 is 0 Å². The number of nitrogens with one attached hydrogen (secondary N) is 1. The highest BCUT2D eigenvalue weighted by Gasteiger charge is 2.26. The topological polar surface area (TPSA) is 44.8 Å². The second-order valence-electron chi connectivity index (χ2n) is 7.36. The highest BCUT2D eigenvalue weighted by Crippen LogP contribution is 2.23. The Labute approximate surface area is 159 Å². The number of hydrogen-bond donors (Lipinski definition) is 1. The standard InChI is InChI=1S/C20H29F2N3O2/c1-2-27-20(26)25-10-4-3-5-16(14-25)23-15-8-11-24(12-9-15)17-6-7-18(21)19(22)13-17/h6-7,13,15-16,23H,2-5,8-12,14H2,1H3/t16-/m1/s1. The van der Waals surface area contributed by atoms with Crippen LogP contribution in [-0.4, -0.2) is 55.9 Å². The van der Waals surface area contributed by atoms with Gasteiger partial charge in [-0.25, -0.2) is 13.6 Å². The van der Waals surface area contributed by atoms with Gasteiger partial charge in [0.25, 0.3) is 0 Å². The molecule has 1 aromatic rings. The van der Waals surface area contributed by atoms with Crippen molar-refractivity contribution in [2.75, 3.05) is 37.7 Å². The average molecular weight is 381 g/mol. The summed E-state index contributed by atoms with van der Waals surface area (Å²) in [6, 6.07) is 4.74. The molecule has 2 aliphatic heterocycles. The van der Waals surface area contributed by atoms with Gasteiger partial charge in [0.1, 0.15) is 0 Å². The fourth-order valence-electron chi connectivity index (χ4n) is 3.98. The van der Waals surface area contributed by atoms with E-state index in [4.69, 9.17) is 4.74 Å². The number of carbonyl (C=O) groups is 1. The smallest absolute Gasteiger partial charge is 0.409 e. The van der Waals surface area contributed by atoms with Gasteiger partial charge in [-0.15, -0.1) is 0 Å². The highest BCUT2D eigenvalue weighted by molar-refractivity contribution is 5.67. The Bertz CT molecular complexity index is 636. The molecule has 1 amide bonds. The number of piperidine rings is 1. The molecule has 7 heteroatoms. The third-order valence-electron chi connectivity index (χ3n) is 5.43. The van der Waals surface area contributed by atoms with Crippen molar-refractivity contribution in [1.82, 2.24) is 10.2 Å². The van der Waals surface area contributed by atoms with Gasteiger partial charge in [0.15, 0.2) is 11.6 Å². The second kappa shape index (κ2) is 9.35. The molecule has 0 radical (unpaired) electrons. The van der Waals surface area contributed by atoms with Gasteiger partial charge in [0.2, 0.25) is 0 Å². The molecule has 2 aliphatic rings. The highest BCUT2D eigenvalue weighted by atomic mass is 19.2. The molecule has 2 heterocycles. The van der Waals surface area contributed by atoms with Gasteiger partial charge in [-0.3, -0.25) is 0 Å². The third kappa shape index (κ3) is 5.31. The van der Waals surface area contributed by atoms with Crippen LogP contribution in [0.5, 0.6) is 0 Å². The molecule has 0 saturated carbocycles. The van der Waals surface area contributed by atoms with E-state index in [1.165, 1.54) is 12.1 Å². The summed E-state index contributed by atoms with van der Waals surface area (Å²) < 4.78 is 31.7. The molecule has 5 nitrogen and oxygen atoms in total. The van der Waals surface area contributed by atoms with Crippen LogP contribution in [-0.2, 0) is 4.74 Å². The fraction of sp³-hybridized carbons (Fsp3) is 0.650. The van der Waals surface area contributed by atoms with Crippen LogP contribution < -0.4 is 10.2 Å². The molecule has 2 saturated heterocycles. The third-order valence-corrected chi connectivity index (χ3v) is 5.43. The number of hydrogen-bond acceptors (Lipinski definition) is 4. The second-order valence-corrected chi connectivity index (χ2v) is 7.36. The number of halogens is 2. The average Bonchev–Trinajstić information content (AvgIpc) is 2.90. The molecule has 0 bridgehead atoms. The summed E-state index contributed by atoms with van der Waals surface area (Å²) in [5, 5.41) is 3.71. The van der Waals surface area contributed by atoms with Crippen LogP contribution in [0.15, 0.2) is 18.2 Å². The van der Waals surface area contributed by atoms with Crippen LogP contribution in [0, 0.1) is 11.6 Å². The summed E-state index contributed by atoms with van der Waals surface area (Å²) in [7, 11) is 0. The van der Waals surface area contributed by atoms with Crippen molar-refractivity contribution in [3.63, 3.8) is 0 Å². The van der Waals surface area contributed by atoms with Gasteiger partial charge in [-0.1, -0.05) is 6.42 Å². The van der Waals surface area contributed by atoms with E-state index in [-0.39, 0.29) is 12.1 Å². The van der Waals surface area contributed by atoms with Crippen molar-refractivity contribution < 1.29 is 18.3 Å². The predicted molar refractivity (Wildman–Crippen MR) is 101 cm³/mol. The summed E-state index contributed by atoms with van der Waals surface area (Å²) >= 11 is 0. The van der Waals surface area contributed by atoms with Crippen LogP contribution in [0.1, 0.15) is 39.0 Å². The molecule has 0 unspecified atom stereocenters. The lowest BCUT2D eigenvalue weighted by molar-refractivity contribution is 0.105. The van der Waals surface area contributed by atoms with Crippen molar-refractivity contribution in [3.8, 4) is 0 Å². The summed E-state index contributed by atoms with van der Waals surface area (Å²) in [6.07, 6.45) is 4.81. The SMILES string of the molecule is CCOC(=O)N1CCCC[C@@H](NC2CCN(c3ccc(F)c(F)c3)CC2)C1. The zero-order chi connectivity index (χ0) is 19.2. The van der Waals surface area contributed by atoms with Crippen LogP contribution in [0.4, 0.5) is 19.3 Å². The van der Waals surface area contributed by atoms with Crippen LogP contribution in [0.2, 0.25) is 0 Å². The fourth-order valence-corrected chi connectivity index (χ4v) is 3.98. The normalized spacial score (nSPS) is 21.8. The first-order valence-corrected chi connectivity index (χ1v) is 9.94. The van der Waals surface area contributed by atoms with E-state index in [1.54, 1.807) is 6.07 Å². The van der Waals surface area contributed by atoms with E-state index >= 15 is 0 Å². The minimum atomic E-state index is -0.810. The Morgan fingerprint density at radius 3 is 2.59 bits per heavy atom. The molecule has 0 spiro atoms. The number of carbonyl (C=O) groups excluding carboxylic acids is 1.